The van der Waals surface area contributed by atoms with Crippen LogP contribution in [-0.4, -0.2) is 26.1 Å². The number of carbonyl (C=O) groups is 1. The molecule has 0 aliphatic carbocycles. The molecule has 0 spiro atoms. The molecule has 1 amide bonds. The van der Waals surface area contributed by atoms with E-state index in [1.807, 2.05) is 0 Å². The summed E-state index contributed by atoms with van der Waals surface area (Å²) in [7, 11) is -3.29. The van der Waals surface area contributed by atoms with Crippen molar-refractivity contribution in [2.75, 3.05) is 11.6 Å². The van der Waals surface area contributed by atoms with Gasteiger partial charge in [0.05, 0.1) is 4.90 Å². The monoisotopic (exact) mass is 284 g/mol. The maximum Gasteiger partial charge on any atom is 0.226 e. The summed E-state index contributed by atoms with van der Waals surface area (Å²) in [6.07, 6.45) is 1.29. The van der Waals surface area contributed by atoms with Gasteiger partial charge in [0.2, 0.25) is 5.91 Å². The first-order chi connectivity index (χ1) is 8.49. The number of hydrogen-bond acceptors (Lipinski definition) is 4. The average Bonchev–Trinajstić information content (AvgIpc) is 2.16. The Morgan fingerprint density at radius 1 is 1.37 bits per heavy atom. The third-order valence-electron chi connectivity index (χ3n) is 2.53. The molecule has 1 aromatic carbocycles. The summed E-state index contributed by atoms with van der Waals surface area (Å²) in [5.41, 5.74) is 6.46. The lowest BCUT2D eigenvalue weighted by atomic mass is 10.0. The molecule has 3 N–H and O–H groups in total. The van der Waals surface area contributed by atoms with Gasteiger partial charge in [-0.05, 0) is 38.5 Å². The fourth-order valence-corrected chi connectivity index (χ4v) is 2.22. The highest BCUT2D eigenvalue weighted by Crippen LogP contribution is 2.20. The lowest BCUT2D eigenvalue weighted by Crippen LogP contribution is -2.36. The molecule has 0 saturated carbocycles. The normalized spacial score (nSPS) is 12.3. The second kappa shape index (κ2) is 5.30. The molecular formula is C13H20N2O3S. The van der Waals surface area contributed by atoms with E-state index in [0.29, 0.717) is 5.69 Å². The number of aryl methyl sites for hydroxylation is 1. The lowest BCUT2D eigenvalue weighted by molar-refractivity contribution is -0.117. The fraction of sp³-hybridized carbons (Fsp3) is 0.462. The van der Waals surface area contributed by atoms with Gasteiger partial charge in [0, 0.05) is 23.9 Å². The number of sulfone groups is 1. The average molecular weight is 284 g/mol. The summed E-state index contributed by atoms with van der Waals surface area (Å²) in [5, 5.41) is 2.70. The molecule has 1 aromatic rings. The molecule has 0 aliphatic heterocycles. The number of nitrogens with one attached hydrogen (secondary N) is 1. The predicted molar refractivity (Wildman–Crippen MR) is 75.8 cm³/mol. The molecule has 0 radical (unpaired) electrons. The van der Waals surface area contributed by atoms with Crippen molar-refractivity contribution >= 4 is 21.4 Å². The van der Waals surface area contributed by atoms with Crippen molar-refractivity contribution < 1.29 is 13.2 Å². The van der Waals surface area contributed by atoms with Crippen LogP contribution < -0.4 is 11.1 Å². The van der Waals surface area contributed by atoms with Gasteiger partial charge in [-0.2, -0.15) is 0 Å². The molecule has 0 saturated heterocycles. The van der Waals surface area contributed by atoms with Gasteiger partial charge in [-0.1, -0.05) is 6.07 Å². The lowest BCUT2D eigenvalue weighted by Gasteiger charge is -2.18. The van der Waals surface area contributed by atoms with E-state index in [0.717, 1.165) is 11.8 Å². The second-order valence-electron chi connectivity index (χ2n) is 5.46. The SMILES string of the molecule is Cc1ccc(S(C)(=O)=O)cc1NC(=O)CC(C)(C)N. The Hall–Kier alpha value is -1.40. The number of benzene rings is 1. The molecule has 5 nitrogen and oxygen atoms in total. The van der Waals surface area contributed by atoms with Crippen molar-refractivity contribution in [3.05, 3.63) is 23.8 Å². The molecule has 0 atom stereocenters. The van der Waals surface area contributed by atoms with Crippen LogP contribution in [0.5, 0.6) is 0 Å². The molecule has 106 valence electrons. The van der Waals surface area contributed by atoms with E-state index in [1.165, 1.54) is 12.1 Å². The number of nitrogens with two attached hydrogens (primary N) is 1. The van der Waals surface area contributed by atoms with E-state index < -0.39 is 15.4 Å². The van der Waals surface area contributed by atoms with E-state index >= 15 is 0 Å². The van der Waals surface area contributed by atoms with Gasteiger partial charge in [0.25, 0.3) is 0 Å². The smallest absolute Gasteiger partial charge is 0.226 e. The number of amides is 1. The number of rotatable bonds is 4. The van der Waals surface area contributed by atoms with Gasteiger partial charge in [-0.3, -0.25) is 4.79 Å². The van der Waals surface area contributed by atoms with Crippen molar-refractivity contribution in [2.45, 2.75) is 37.6 Å². The van der Waals surface area contributed by atoms with Gasteiger partial charge in [-0.15, -0.1) is 0 Å². The van der Waals surface area contributed by atoms with Crippen LogP contribution in [0.2, 0.25) is 0 Å². The summed E-state index contributed by atoms with van der Waals surface area (Å²) in [4.78, 5) is 12.0. The van der Waals surface area contributed by atoms with Gasteiger partial charge in [-0.25, -0.2) is 8.42 Å². The van der Waals surface area contributed by atoms with Gasteiger partial charge < -0.3 is 11.1 Å². The highest BCUT2D eigenvalue weighted by molar-refractivity contribution is 7.90. The Balaban J connectivity index is 2.99. The van der Waals surface area contributed by atoms with Gasteiger partial charge in [0.15, 0.2) is 9.84 Å². The Bertz CT molecular complexity index is 586. The van der Waals surface area contributed by atoms with Crippen LogP contribution in [0.4, 0.5) is 5.69 Å². The van der Waals surface area contributed by atoms with Crippen LogP contribution in [0, 0.1) is 6.92 Å². The standard InChI is InChI=1S/C13H20N2O3S/c1-9-5-6-10(19(4,17)18)7-11(9)15-12(16)8-13(2,3)14/h5-7H,8,14H2,1-4H3,(H,15,16). The van der Waals surface area contributed by atoms with E-state index in [2.05, 4.69) is 5.32 Å². The Kier molecular flexibility index (Phi) is 4.37. The van der Waals surface area contributed by atoms with Crippen LogP contribution in [0.3, 0.4) is 0 Å². The summed E-state index contributed by atoms with van der Waals surface area (Å²) >= 11 is 0. The Morgan fingerprint density at radius 2 is 1.95 bits per heavy atom. The van der Waals surface area contributed by atoms with Crippen LogP contribution in [-0.2, 0) is 14.6 Å². The zero-order valence-electron chi connectivity index (χ0n) is 11.6. The molecule has 0 fully saturated rings. The Labute approximate surface area is 114 Å². The minimum Gasteiger partial charge on any atom is -0.326 e. The van der Waals surface area contributed by atoms with Crippen molar-refractivity contribution in [1.82, 2.24) is 0 Å². The molecule has 19 heavy (non-hydrogen) atoms. The van der Waals surface area contributed by atoms with E-state index in [1.54, 1.807) is 26.8 Å². The van der Waals surface area contributed by atoms with Crippen LogP contribution in [0.1, 0.15) is 25.8 Å². The second-order valence-corrected chi connectivity index (χ2v) is 7.48. The number of carbonyl (C=O) groups excluding carboxylic acids is 1. The third kappa shape index (κ3) is 5.00. The zero-order valence-corrected chi connectivity index (χ0v) is 12.5. The molecule has 1 rings (SSSR count). The van der Waals surface area contributed by atoms with Crippen molar-refractivity contribution in [3.8, 4) is 0 Å². The third-order valence-corrected chi connectivity index (χ3v) is 3.64. The molecule has 0 aromatic heterocycles. The molecule has 0 aliphatic rings. The van der Waals surface area contributed by atoms with Crippen molar-refractivity contribution in [3.63, 3.8) is 0 Å². The molecule has 0 unspecified atom stereocenters. The first-order valence-corrected chi connectivity index (χ1v) is 7.78. The van der Waals surface area contributed by atoms with E-state index in [4.69, 9.17) is 5.73 Å². The highest BCUT2D eigenvalue weighted by atomic mass is 32.2. The quantitative estimate of drug-likeness (QED) is 0.876. The van der Waals surface area contributed by atoms with Gasteiger partial charge in [0.1, 0.15) is 0 Å². The minimum absolute atomic E-state index is 0.162. The summed E-state index contributed by atoms with van der Waals surface area (Å²) in [5.74, 6) is -0.235. The number of hydrogen-bond donors (Lipinski definition) is 2. The first kappa shape index (κ1) is 15.7. The summed E-state index contributed by atoms with van der Waals surface area (Å²) in [6, 6.07) is 4.65. The van der Waals surface area contributed by atoms with Crippen molar-refractivity contribution in [1.29, 1.82) is 0 Å². The predicted octanol–water partition coefficient (Wildman–Crippen LogP) is 1.46. The van der Waals surface area contributed by atoms with Gasteiger partial charge >= 0.3 is 0 Å². The number of anilines is 1. The van der Waals surface area contributed by atoms with Crippen LogP contribution in [0.25, 0.3) is 0 Å². The van der Waals surface area contributed by atoms with E-state index in [-0.39, 0.29) is 17.2 Å². The van der Waals surface area contributed by atoms with Crippen LogP contribution in [0.15, 0.2) is 23.1 Å². The molecule has 0 heterocycles. The first-order valence-electron chi connectivity index (χ1n) is 5.88. The topological polar surface area (TPSA) is 89.3 Å². The molecular weight excluding hydrogens is 264 g/mol. The zero-order chi connectivity index (χ0) is 14.8. The molecule has 0 bridgehead atoms. The highest BCUT2D eigenvalue weighted by Gasteiger charge is 2.17. The van der Waals surface area contributed by atoms with Crippen molar-refractivity contribution in [2.24, 2.45) is 5.73 Å². The Morgan fingerprint density at radius 3 is 2.42 bits per heavy atom. The molecule has 6 heteroatoms. The summed E-state index contributed by atoms with van der Waals surface area (Å²) in [6.45, 7) is 5.31. The van der Waals surface area contributed by atoms with E-state index in [9.17, 15) is 13.2 Å². The van der Waals surface area contributed by atoms with Crippen LogP contribution >= 0.6 is 0 Å². The summed E-state index contributed by atoms with van der Waals surface area (Å²) < 4.78 is 23.0. The maximum absolute atomic E-state index is 11.8. The largest absolute Gasteiger partial charge is 0.326 e. The minimum atomic E-state index is -3.29. The maximum atomic E-state index is 11.8. The fourth-order valence-electron chi connectivity index (χ4n) is 1.57.